The summed E-state index contributed by atoms with van der Waals surface area (Å²) >= 11 is 0. The van der Waals surface area contributed by atoms with Gasteiger partial charge in [0.05, 0.1) is 17.2 Å². The summed E-state index contributed by atoms with van der Waals surface area (Å²) in [6.07, 6.45) is 1.48. The lowest BCUT2D eigenvalue weighted by atomic mass is 10.2. The van der Waals surface area contributed by atoms with Crippen LogP contribution in [0.25, 0.3) is 11.0 Å². The van der Waals surface area contributed by atoms with Crippen LogP contribution in [-0.2, 0) is 11.3 Å². The van der Waals surface area contributed by atoms with Crippen molar-refractivity contribution in [3.8, 4) is 5.75 Å². The average molecular weight is 308 g/mol. The molecule has 0 saturated heterocycles. The Hall–Kier alpha value is -3.15. The lowest BCUT2D eigenvalue weighted by molar-refractivity contribution is -0.121. The van der Waals surface area contributed by atoms with Crippen LogP contribution in [-0.4, -0.2) is 26.8 Å². The maximum atomic E-state index is 12.0. The minimum Gasteiger partial charge on any atom is -0.508 e. The van der Waals surface area contributed by atoms with E-state index in [1.54, 1.807) is 24.3 Å². The first-order chi connectivity index (χ1) is 11.1. The van der Waals surface area contributed by atoms with Crippen molar-refractivity contribution in [1.29, 1.82) is 0 Å². The van der Waals surface area contributed by atoms with Gasteiger partial charge in [0.1, 0.15) is 18.1 Å². The van der Waals surface area contributed by atoms with E-state index in [1.165, 1.54) is 6.21 Å². The van der Waals surface area contributed by atoms with E-state index in [2.05, 4.69) is 15.5 Å². The van der Waals surface area contributed by atoms with Crippen molar-refractivity contribution in [2.75, 3.05) is 0 Å². The molecule has 6 nitrogen and oxygen atoms in total. The van der Waals surface area contributed by atoms with Crippen molar-refractivity contribution >= 4 is 23.2 Å². The highest BCUT2D eigenvalue weighted by Crippen LogP contribution is 2.15. The van der Waals surface area contributed by atoms with E-state index in [4.69, 9.17) is 0 Å². The Bertz CT molecular complexity index is 883. The van der Waals surface area contributed by atoms with Gasteiger partial charge in [-0.3, -0.25) is 4.79 Å². The number of hydrogen-bond donors (Lipinski definition) is 2. The first kappa shape index (κ1) is 14.8. The number of phenols is 1. The maximum absolute atomic E-state index is 12.0. The van der Waals surface area contributed by atoms with Crippen molar-refractivity contribution in [3.63, 3.8) is 0 Å². The van der Waals surface area contributed by atoms with Gasteiger partial charge in [0.2, 0.25) is 0 Å². The number of carbonyl (C=O) groups excluding carboxylic acids is 1. The highest BCUT2D eigenvalue weighted by molar-refractivity contribution is 5.84. The maximum Gasteiger partial charge on any atom is 0.260 e. The smallest absolute Gasteiger partial charge is 0.260 e. The number of carbonyl (C=O) groups is 1. The highest BCUT2D eigenvalue weighted by atomic mass is 16.3. The molecule has 2 aromatic carbocycles. The van der Waals surface area contributed by atoms with Crippen molar-refractivity contribution in [3.05, 3.63) is 59.9 Å². The molecule has 0 aliphatic heterocycles. The molecular formula is C17H16N4O2. The second-order valence-electron chi connectivity index (χ2n) is 5.12. The molecule has 0 atom stereocenters. The number of benzene rings is 2. The molecule has 1 amide bonds. The molecule has 0 spiro atoms. The number of aromatic hydroxyl groups is 1. The topological polar surface area (TPSA) is 79.5 Å². The summed E-state index contributed by atoms with van der Waals surface area (Å²) in [5.74, 6) is 0.687. The van der Waals surface area contributed by atoms with E-state index < -0.39 is 0 Å². The fraction of sp³-hybridized carbons (Fsp3) is 0.118. The Morgan fingerprint density at radius 1 is 1.30 bits per heavy atom. The van der Waals surface area contributed by atoms with Gasteiger partial charge in [-0.1, -0.05) is 24.3 Å². The van der Waals surface area contributed by atoms with Crippen molar-refractivity contribution in [1.82, 2.24) is 15.0 Å². The Morgan fingerprint density at radius 2 is 2.13 bits per heavy atom. The monoisotopic (exact) mass is 308 g/mol. The van der Waals surface area contributed by atoms with Crippen LogP contribution >= 0.6 is 0 Å². The minimum absolute atomic E-state index is 0.143. The number of phenolic OH excluding ortho intramolecular Hbond substituents is 1. The van der Waals surface area contributed by atoms with Crippen LogP contribution < -0.4 is 5.43 Å². The van der Waals surface area contributed by atoms with E-state index in [-0.39, 0.29) is 18.2 Å². The molecule has 3 aromatic rings. The Morgan fingerprint density at radius 3 is 2.96 bits per heavy atom. The van der Waals surface area contributed by atoms with E-state index in [0.29, 0.717) is 5.56 Å². The number of hydrazone groups is 1. The SMILES string of the molecule is Cc1nc2ccccc2n1CC(=O)N/N=C/c1cccc(O)c1. The van der Waals surface area contributed by atoms with Crippen LogP contribution in [0.5, 0.6) is 5.75 Å². The van der Waals surface area contributed by atoms with Crippen LogP contribution in [0, 0.1) is 6.92 Å². The predicted molar refractivity (Wildman–Crippen MR) is 88.3 cm³/mol. The quantitative estimate of drug-likeness (QED) is 0.573. The summed E-state index contributed by atoms with van der Waals surface area (Å²) in [5.41, 5.74) is 4.96. The number of aromatic nitrogens is 2. The predicted octanol–water partition coefficient (Wildman–Crippen LogP) is 2.20. The Balaban J connectivity index is 1.68. The number of fused-ring (bicyclic) bond motifs is 1. The zero-order valence-corrected chi connectivity index (χ0v) is 12.6. The summed E-state index contributed by atoms with van der Waals surface area (Å²) < 4.78 is 1.84. The summed E-state index contributed by atoms with van der Waals surface area (Å²) in [7, 11) is 0. The number of para-hydroxylation sites is 2. The van der Waals surface area contributed by atoms with Gasteiger partial charge in [0.15, 0.2) is 0 Å². The van der Waals surface area contributed by atoms with Crippen molar-refractivity contribution < 1.29 is 9.90 Å². The molecule has 0 saturated carbocycles. The largest absolute Gasteiger partial charge is 0.508 e. The molecule has 3 rings (SSSR count). The number of nitrogens with one attached hydrogen (secondary N) is 1. The second kappa shape index (κ2) is 6.31. The number of hydrogen-bond acceptors (Lipinski definition) is 4. The van der Waals surface area contributed by atoms with Gasteiger partial charge in [0.25, 0.3) is 5.91 Å². The fourth-order valence-electron chi connectivity index (χ4n) is 2.36. The number of nitrogens with zero attached hydrogens (tertiary/aromatic N) is 3. The molecule has 0 radical (unpaired) electrons. The van der Waals surface area contributed by atoms with E-state index in [0.717, 1.165) is 16.9 Å². The zero-order valence-electron chi connectivity index (χ0n) is 12.6. The van der Waals surface area contributed by atoms with Crippen molar-refractivity contribution in [2.24, 2.45) is 5.10 Å². The van der Waals surface area contributed by atoms with Crippen LogP contribution in [0.4, 0.5) is 0 Å². The van der Waals surface area contributed by atoms with E-state index in [1.807, 2.05) is 35.8 Å². The molecule has 0 aliphatic carbocycles. The van der Waals surface area contributed by atoms with Crippen LogP contribution in [0.2, 0.25) is 0 Å². The van der Waals surface area contributed by atoms with E-state index >= 15 is 0 Å². The first-order valence-corrected chi connectivity index (χ1v) is 7.16. The normalized spacial score (nSPS) is 11.2. The zero-order chi connectivity index (χ0) is 16.2. The molecule has 2 N–H and O–H groups in total. The Labute approximate surface area is 133 Å². The molecular weight excluding hydrogens is 292 g/mol. The molecule has 0 unspecified atom stereocenters. The summed E-state index contributed by atoms with van der Waals surface area (Å²) in [6.45, 7) is 2.01. The third kappa shape index (κ3) is 3.37. The molecule has 0 fully saturated rings. The third-order valence-electron chi connectivity index (χ3n) is 3.42. The van der Waals surface area contributed by atoms with Gasteiger partial charge in [0, 0.05) is 0 Å². The van der Waals surface area contributed by atoms with Gasteiger partial charge in [-0.2, -0.15) is 5.10 Å². The minimum atomic E-state index is -0.243. The van der Waals surface area contributed by atoms with Gasteiger partial charge >= 0.3 is 0 Å². The number of imidazole rings is 1. The standard InChI is InChI=1S/C17H16N4O2/c1-12-19-15-7-2-3-8-16(15)21(12)11-17(23)20-18-10-13-5-4-6-14(22)9-13/h2-10,22H,11H2,1H3,(H,20,23)/b18-10+. The second-order valence-corrected chi connectivity index (χ2v) is 5.12. The lowest BCUT2D eigenvalue weighted by Gasteiger charge is -2.05. The van der Waals surface area contributed by atoms with Gasteiger partial charge in [-0.05, 0) is 36.8 Å². The molecule has 0 aliphatic rings. The van der Waals surface area contributed by atoms with Crippen LogP contribution in [0.15, 0.2) is 53.6 Å². The van der Waals surface area contributed by atoms with Gasteiger partial charge < -0.3 is 9.67 Å². The van der Waals surface area contributed by atoms with E-state index in [9.17, 15) is 9.90 Å². The highest BCUT2D eigenvalue weighted by Gasteiger charge is 2.09. The molecule has 6 heteroatoms. The third-order valence-corrected chi connectivity index (χ3v) is 3.42. The summed E-state index contributed by atoms with van der Waals surface area (Å²) in [5, 5.41) is 13.3. The number of aryl methyl sites for hydroxylation is 1. The van der Waals surface area contributed by atoms with Crippen LogP contribution in [0.1, 0.15) is 11.4 Å². The number of amides is 1. The van der Waals surface area contributed by atoms with Gasteiger partial charge in [-0.15, -0.1) is 0 Å². The summed E-state index contributed by atoms with van der Waals surface area (Å²) in [6, 6.07) is 14.3. The molecule has 1 heterocycles. The molecule has 0 bridgehead atoms. The number of rotatable bonds is 4. The molecule has 1 aromatic heterocycles. The molecule has 116 valence electrons. The van der Waals surface area contributed by atoms with Crippen molar-refractivity contribution in [2.45, 2.75) is 13.5 Å². The summed E-state index contributed by atoms with van der Waals surface area (Å²) in [4.78, 5) is 16.5. The first-order valence-electron chi connectivity index (χ1n) is 7.16. The Kier molecular flexibility index (Phi) is 4.05. The molecule has 23 heavy (non-hydrogen) atoms. The average Bonchev–Trinajstić information content (AvgIpc) is 2.83. The van der Waals surface area contributed by atoms with Gasteiger partial charge in [-0.25, -0.2) is 10.4 Å². The lowest BCUT2D eigenvalue weighted by Crippen LogP contribution is -2.23. The van der Waals surface area contributed by atoms with Crippen LogP contribution in [0.3, 0.4) is 0 Å². The fourth-order valence-corrected chi connectivity index (χ4v) is 2.36.